The Morgan fingerprint density at radius 3 is 2.73 bits per heavy atom. The first kappa shape index (κ1) is 11.7. The van der Waals surface area contributed by atoms with E-state index in [-0.39, 0.29) is 0 Å². The van der Waals surface area contributed by atoms with E-state index in [2.05, 4.69) is 13.2 Å². The molecule has 15 heavy (non-hydrogen) atoms. The van der Waals surface area contributed by atoms with E-state index in [0.29, 0.717) is 6.42 Å². The Hall–Kier alpha value is -1.34. The van der Waals surface area contributed by atoms with E-state index in [4.69, 9.17) is 0 Å². The summed E-state index contributed by atoms with van der Waals surface area (Å²) >= 11 is 0. The van der Waals surface area contributed by atoms with Gasteiger partial charge in [-0.25, -0.2) is 0 Å². The number of aliphatic hydroxyl groups excluding tert-OH is 1. The highest BCUT2D eigenvalue weighted by molar-refractivity contribution is 5.53. The van der Waals surface area contributed by atoms with Gasteiger partial charge < -0.3 is 5.11 Å². The van der Waals surface area contributed by atoms with Crippen LogP contribution >= 0.6 is 0 Å². The van der Waals surface area contributed by atoms with Gasteiger partial charge in [0, 0.05) is 0 Å². The SMILES string of the molecule is C=Cc1ccc(C)cc1[C@@H](O)CC(=C)C. The summed E-state index contributed by atoms with van der Waals surface area (Å²) in [4.78, 5) is 0. The Bertz CT molecular complexity index is 377. The van der Waals surface area contributed by atoms with Crippen LogP contribution in [0.25, 0.3) is 6.08 Å². The smallest absolute Gasteiger partial charge is 0.0832 e. The fourth-order valence-corrected chi connectivity index (χ4v) is 1.61. The average Bonchev–Trinajstić information content (AvgIpc) is 2.16. The molecule has 1 aromatic carbocycles. The second-order valence-electron chi connectivity index (χ2n) is 4.01. The van der Waals surface area contributed by atoms with E-state index >= 15 is 0 Å². The van der Waals surface area contributed by atoms with Gasteiger partial charge in [-0.2, -0.15) is 0 Å². The van der Waals surface area contributed by atoms with Crippen LogP contribution in [-0.2, 0) is 0 Å². The van der Waals surface area contributed by atoms with Gasteiger partial charge in [-0.3, -0.25) is 0 Å². The number of hydrogen-bond donors (Lipinski definition) is 1. The van der Waals surface area contributed by atoms with Crippen LogP contribution < -0.4 is 0 Å². The molecule has 0 amide bonds. The maximum absolute atomic E-state index is 10.0. The summed E-state index contributed by atoms with van der Waals surface area (Å²) in [7, 11) is 0. The molecule has 0 aliphatic rings. The normalized spacial score (nSPS) is 12.2. The lowest BCUT2D eigenvalue weighted by atomic mass is 9.96. The van der Waals surface area contributed by atoms with Crippen molar-refractivity contribution in [3.8, 4) is 0 Å². The monoisotopic (exact) mass is 202 g/mol. The number of rotatable bonds is 4. The Labute approximate surface area is 91.8 Å². The van der Waals surface area contributed by atoms with Crippen LogP contribution in [0, 0.1) is 6.92 Å². The molecule has 1 heteroatoms. The van der Waals surface area contributed by atoms with Crippen LogP contribution in [0.3, 0.4) is 0 Å². The van der Waals surface area contributed by atoms with Crippen LogP contribution in [0.15, 0.2) is 36.9 Å². The topological polar surface area (TPSA) is 20.2 Å². The van der Waals surface area contributed by atoms with E-state index < -0.39 is 6.10 Å². The van der Waals surface area contributed by atoms with Gasteiger partial charge >= 0.3 is 0 Å². The van der Waals surface area contributed by atoms with Crippen molar-refractivity contribution in [2.24, 2.45) is 0 Å². The highest BCUT2D eigenvalue weighted by atomic mass is 16.3. The predicted molar refractivity (Wildman–Crippen MR) is 65.7 cm³/mol. The van der Waals surface area contributed by atoms with Crippen molar-refractivity contribution in [2.45, 2.75) is 26.4 Å². The lowest BCUT2D eigenvalue weighted by Crippen LogP contribution is -2.00. The first-order valence-electron chi connectivity index (χ1n) is 5.10. The second-order valence-corrected chi connectivity index (χ2v) is 4.01. The molecule has 0 aromatic heterocycles. The molecule has 1 N–H and O–H groups in total. The summed E-state index contributed by atoms with van der Waals surface area (Å²) < 4.78 is 0. The van der Waals surface area contributed by atoms with Gasteiger partial charge in [-0.1, -0.05) is 42.0 Å². The van der Waals surface area contributed by atoms with Gasteiger partial charge in [0.25, 0.3) is 0 Å². The molecule has 80 valence electrons. The quantitative estimate of drug-likeness (QED) is 0.739. The molecular weight excluding hydrogens is 184 g/mol. The molecule has 0 saturated carbocycles. The van der Waals surface area contributed by atoms with Crippen molar-refractivity contribution >= 4 is 6.08 Å². The molecule has 0 heterocycles. The average molecular weight is 202 g/mol. The Morgan fingerprint density at radius 1 is 1.53 bits per heavy atom. The van der Waals surface area contributed by atoms with Crippen LogP contribution in [0.2, 0.25) is 0 Å². The summed E-state index contributed by atoms with van der Waals surface area (Å²) in [6.45, 7) is 11.5. The van der Waals surface area contributed by atoms with Crippen LogP contribution in [0.4, 0.5) is 0 Å². The summed E-state index contributed by atoms with van der Waals surface area (Å²) in [5.74, 6) is 0. The zero-order valence-electron chi connectivity index (χ0n) is 9.46. The predicted octanol–water partition coefficient (Wildman–Crippen LogP) is 3.64. The summed E-state index contributed by atoms with van der Waals surface area (Å²) in [6, 6.07) is 6.01. The van der Waals surface area contributed by atoms with Crippen LogP contribution in [0.1, 0.15) is 36.1 Å². The van der Waals surface area contributed by atoms with Crippen molar-refractivity contribution in [3.63, 3.8) is 0 Å². The third kappa shape index (κ3) is 3.07. The first-order valence-corrected chi connectivity index (χ1v) is 5.10. The zero-order valence-corrected chi connectivity index (χ0v) is 9.46. The summed E-state index contributed by atoms with van der Waals surface area (Å²) in [5, 5.41) is 10.0. The minimum Gasteiger partial charge on any atom is -0.388 e. The molecule has 0 bridgehead atoms. The van der Waals surface area contributed by atoms with E-state index in [1.54, 1.807) is 6.08 Å². The van der Waals surface area contributed by atoms with E-state index in [9.17, 15) is 5.11 Å². The fraction of sp³-hybridized carbons (Fsp3) is 0.286. The molecule has 1 rings (SSSR count). The van der Waals surface area contributed by atoms with Crippen LogP contribution in [0.5, 0.6) is 0 Å². The molecule has 0 aliphatic heterocycles. The van der Waals surface area contributed by atoms with E-state index in [0.717, 1.165) is 22.3 Å². The maximum atomic E-state index is 10.0. The Kier molecular flexibility index (Phi) is 3.87. The lowest BCUT2D eigenvalue weighted by molar-refractivity contribution is 0.178. The molecular formula is C14H18O. The van der Waals surface area contributed by atoms with Crippen molar-refractivity contribution < 1.29 is 5.11 Å². The van der Waals surface area contributed by atoms with Gasteiger partial charge in [0.2, 0.25) is 0 Å². The van der Waals surface area contributed by atoms with Crippen molar-refractivity contribution in [3.05, 3.63) is 53.6 Å². The molecule has 0 aliphatic carbocycles. The Morgan fingerprint density at radius 2 is 2.20 bits per heavy atom. The van der Waals surface area contributed by atoms with Gasteiger partial charge in [0.15, 0.2) is 0 Å². The van der Waals surface area contributed by atoms with E-state index in [1.165, 1.54) is 0 Å². The second kappa shape index (κ2) is 4.94. The first-order chi connectivity index (χ1) is 7.04. The molecule has 1 atom stereocenters. The van der Waals surface area contributed by atoms with Crippen LogP contribution in [-0.4, -0.2) is 5.11 Å². The van der Waals surface area contributed by atoms with Gasteiger partial charge in [-0.05, 0) is 31.4 Å². The largest absolute Gasteiger partial charge is 0.388 e. The minimum absolute atomic E-state index is 0.476. The zero-order chi connectivity index (χ0) is 11.4. The number of hydrogen-bond acceptors (Lipinski definition) is 1. The van der Waals surface area contributed by atoms with E-state index in [1.807, 2.05) is 32.0 Å². The van der Waals surface area contributed by atoms with Gasteiger partial charge in [-0.15, -0.1) is 6.58 Å². The minimum atomic E-state index is -0.476. The molecule has 0 fully saturated rings. The van der Waals surface area contributed by atoms with Crippen molar-refractivity contribution in [1.29, 1.82) is 0 Å². The third-order valence-corrected chi connectivity index (χ3v) is 2.36. The highest BCUT2D eigenvalue weighted by Crippen LogP contribution is 2.25. The fourth-order valence-electron chi connectivity index (χ4n) is 1.61. The van der Waals surface area contributed by atoms with Crippen molar-refractivity contribution in [2.75, 3.05) is 0 Å². The number of aliphatic hydroxyl groups is 1. The van der Waals surface area contributed by atoms with Crippen molar-refractivity contribution in [1.82, 2.24) is 0 Å². The summed E-state index contributed by atoms with van der Waals surface area (Å²) in [6.07, 6.45) is 1.90. The molecule has 1 nitrogen and oxygen atoms in total. The standard InChI is InChI=1S/C14H18O/c1-5-12-7-6-11(4)9-13(12)14(15)8-10(2)3/h5-7,9,14-15H,1-2,8H2,3-4H3/t14-/m0/s1. The van der Waals surface area contributed by atoms with Gasteiger partial charge in [0.05, 0.1) is 6.10 Å². The maximum Gasteiger partial charge on any atom is 0.0832 e. The molecule has 1 aromatic rings. The number of aryl methyl sites for hydroxylation is 1. The lowest BCUT2D eigenvalue weighted by Gasteiger charge is -2.14. The molecule has 0 saturated heterocycles. The summed E-state index contributed by atoms with van der Waals surface area (Å²) in [5.41, 5.74) is 4.07. The Balaban J connectivity index is 3.04. The molecule has 0 spiro atoms. The number of benzene rings is 1. The van der Waals surface area contributed by atoms with Gasteiger partial charge in [0.1, 0.15) is 0 Å². The highest BCUT2D eigenvalue weighted by Gasteiger charge is 2.11. The molecule has 0 unspecified atom stereocenters. The third-order valence-electron chi connectivity index (χ3n) is 2.36. The molecule has 0 radical (unpaired) electrons.